The van der Waals surface area contributed by atoms with Crippen LogP contribution < -0.4 is 0 Å². The molecule has 0 radical (unpaired) electrons. The average molecular weight is 240 g/mol. The van der Waals surface area contributed by atoms with E-state index in [1.807, 2.05) is 42.5 Å². The Bertz CT molecular complexity index is 579. The standard InChI is InChI=1S/C16H16O2/c1-18-16(12-9-10-12)15(17)14-8-4-6-11-5-2-3-7-13(11)14/h2-8,12,16H,9-10H2,1H3. The number of hydrogen-bond donors (Lipinski definition) is 0. The van der Waals surface area contributed by atoms with E-state index in [0.717, 1.165) is 29.2 Å². The van der Waals surface area contributed by atoms with Crippen molar-refractivity contribution >= 4 is 16.6 Å². The molecule has 92 valence electrons. The fourth-order valence-electron chi connectivity index (χ4n) is 2.51. The molecular weight excluding hydrogens is 224 g/mol. The number of ether oxygens (including phenoxy) is 1. The minimum Gasteiger partial charge on any atom is -0.373 e. The van der Waals surface area contributed by atoms with Crippen LogP contribution in [0, 0.1) is 5.92 Å². The second kappa shape index (κ2) is 4.54. The lowest BCUT2D eigenvalue weighted by atomic mass is 9.97. The molecule has 0 heterocycles. The molecule has 0 amide bonds. The maximum Gasteiger partial charge on any atom is 0.192 e. The molecule has 0 bridgehead atoms. The van der Waals surface area contributed by atoms with Crippen LogP contribution in [0.2, 0.25) is 0 Å². The lowest BCUT2D eigenvalue weighted by Gasteiger charge is -2.14. The van der Waals surface area contributed by atoms with Crippen LogP contribution in [0.15, 0.2) is 42.5 Å². The maximum atomic E-state index is 12.5. The minimum absolute atomic E-state index is 0.122. The van der Waals surface area contributed by atoms with Crippen molar-refractivity contribution in [2.24, 2.45) is 5.92 Å². The van der Waals surface area contributed by atoms with Gasteiger partial charge in [0.15, 0.2) is 5.78 Å². The molecule has 1 atom stereocenters. The first-order valence-corrected chi connectivity index (χ1v) is 6.36. The summed E-state index contributed by atoms with van der Waals surface area (Å²) in [6.45, 7) is 0. The smallest absolute Gasteiger partial charge is 0.192 e. The van der Waals surface area contributed by atoms with Gasteiger partial charge in [0.25, 0.3) is 0 Å². The molecule has 1 aliphatic carbocycles. The van der Waals surface area contributed by atoms with Crippen molar-refractivity contribution in [2.45, 2.75) is 18.9 Å². The number of carbonyl (C=O) groups excluding carboxylic acids is 1. The van der Waals surface area contributed by atoms with Gasteiger partial charge in [-0.1, -0.05) is 42.5 Å². The van der Waals surface area contributed by atoms with E-state index in [9.17, 15) is 4.79 Å². The molecule has 3 rings (SSSR count). The van der Waals surface area contributed by atoms with Crippen LogP contribution in [0.25, 0.3) is 10.8 Å². The third kappa shape index (κ3) is 1.93. The third-order valence-electron chi connectivity index (χ3n) is 3.62. The predicted octanol–water partition coefficient (Wildman–Crippen LogP) is 3.45. The SMILES string of the molecule is COC(C(=O)c1cccc2ccccc12)C1CC1. The molecule has 0 saturated heterocycles. The minimum atomic E-state index is -0.268. The topological polar surface area (TPSA) is 26.3 Å². The van der Waals surface area contributed by atoms with Gasteiger partial charge in [0.2, 0.25) is 0 Å². The number of methoxy groups -OCH3 is 1. The van der Waals surface area contributed by atoms with Crippen LogP contribution in [0.4, 0.5) is 0 Å². The summed E-state index contributed by atoms with van der Waals surface area (Å²) in [5.74, 6) is 0.540. The zero-order valence-electron chi connectivity index (χ0n) is 10.4. The first-order valence-electron chi connectivity index (χ1n) is 6.36. The molecule has 0 N–H and O–H groups in total. The van der Waals surface area contributed by atoms with Gasteiger partial charge in [-0.15, -0.1) is 0 Å². The lowest BCUT2D eigenvalue weighted by Crippen LogP contribution is -2.25. The highest BCUT2D eigenvalue weighted by Gasteiger charge is 2.37. The molecule has 2 nitrogen and oxygen atoms in total. The van der Waals surface area contributed by atoms with Gasteiger partial charge in [0, 0.05) is 12.7 Å². The second-order valence-corrected chi connectivity index (χ2v) is 4.88. The van der Waals surface area contributed by atoms with E-state index < -0.39 is 0 Å². The van der Waals surface area contributed by atoms with E-state index in [2.05, 4.69) is 0 Å². The van der Waals surface area contributed by atoms with Gasteiger partial charge in [0.05, 0.1) is 0 Å². The van der Waals surface area contributed by atoms with Crippen LogP contribution in [-0.4, -0.2) is 19.0 Å². The predicted molar refractivity (Wildman–Crippen MR) is 71.8 cm³/mol. The molecule has 18 heavy (non-hydrogen) atoms. The van der Waals surface area contributed by atoms with Gasteiger partial charge in [-0.05, 0) is 29.5 Å². The monoisotopic (exact) mass is 240 g/mol. The normalized spacial score (nSPS) is 16.7. The highest BCUT2D eigenvalue weighted by molar-refractivity contribution is 6.10. The molecule has 1 aliphatic rings. The quantitative estimate of drug-likeness (QED) is 0.765. The van der Waals surface area contributed by atoms with E-state index in [1.54, 1.807) is 7.11 Å². The molecule has 0 spiro atoms. The summed E-state index contributed by atoms with van der Waals surface area (Å²) in [5.41, 5.74) is 0.784. The largest absolute Gasteiger partial charge is 0.373 e. The Hall–Kier alpha value is -1.67. The van der Waals surface area contributed by atoms with E-state index in [-0.39, 0.29) is 11.9 Å². The van der Waals surface area contributed by atoms with Crippen molar-refractivity contribution in [1.82, 2.24) is 0 Å². The molecule has 0 aromatic heterocycles. The van der Waals surface area contributed by atoms with Crippen molar-refractivity contribution < 1.29 is 9.53 Å². The highest BCUT2D eigenvalue weighted by Crippen LogP contribution is 2.36. The van der Waals surface area contributed by atoms with E-state index in [4.69, 9.17) is 4.74 Å². The highest BCUT2D eigenvalue weighted by atomic mass is 16.5. The van der Waals surface area contributed by atoms with Crippen molar-refractivity contribution in [3.05, 3.63) is 48.0 Å². The summed E-state index contributed by atoms with van der Waals surface area (Å²) in [5, 5.41) is 2.13. The van der Waals surface area contributed by atoms with E-state index in [0.29, 0.717) is 5.92 Å². The van der Waals surface area contributed by atoms with Crippen LogP contribution in [-0.2, 0) is 4.74 Å². The Morgan fingerprint density at radius 3 is 2.61 bits per heavy atom. The molecule has 0 aliphatic heterocycles. The van der Waals surface area contributed by atoms with Gasteiger partial charge < -0.3 is 4.74 Å². The molecule has 1 fully saturated rings. The Balaban J connectivity index is 2.05. The van der Waals surface area contributed by atoms with Gasteiger partial charge in [0.1, 0.15) is 6.10 Å². The molecule has 2 aromatic rings. The number of fused-ring (bicyclic) bond motifs is 1. The summed E-state index contributed by atoms with van der Waals surface area (Å²) in [6, 6.07) is 13.9. The first-order chi connectivity index (χ1) is 8.81. The van der Waals surface area contributed by atoms with Crippen molar-refractivity contribution in [3.8, 4) is 0 Å². The lowest BCUT2D eigenvalue weighted by molar-refractivity contribution is 0.0541. The fraction of sp³-hybridized carbons (Fsp3) is 0.312. The zero-order chi connectivity index (χ0) is 12.5. The van der Waals surface area contributed by atoms with Crippen LogP contribution in [0.1, 0.15) is 23.2 Å². The van der Waals surface area contributed by atoms with Gasteiger partial charge in [-0.3, -0.25) is 4.79 Å². The number of rotatable bonds is 4. The molecule has 1 unspecified atom stereocenters. The Kier molecular flexibility index (Phi) is 2.88. The number of benzene rings is 2. The van der Waals surface area contributed by atoms with Crippen molar-refractivity contribution in [3.63, 3.8) is 0 Å². The van der Waals surface area contributed by atoms with Crippen LogP contribution >= 0.6 is 0 Å². The van der Waals surface area contributed by atoms with Crippen molar-refractivity contribution in [2.75, 3.05) is 7.11 Å². The third-order valence-corrected chi connectivity index (χ3v) is 3.62. The molecule has 1 saturated carbocycles. The summed E-state index contributed by atoms with van der Waals surface area (Å²) < 4.78 is 5.39. The Morgan fingerprint density at radius 2 is 1.89 bits per heavy atom. The van der Waals surface area contributed by atoms with Gasteiger partial charge in [-0.2, -0.15) is 0 Å². The number of hydrogen-bond acceptors (Lipinski definition) is 2. The number of Topliss-reactive ketones (excluding diaryl/α,β-unsaturated/α-hetero) is 1. The zero-order valence-corrected chi connectivity index (χ0v) is 10.4. The summed E-state index contributed by atoms with van der Waals surface area (Å²) in [7, 11) is 1.63. The average Bonchev–Trinajstić information content (AvgIpc) is 3.23. The maximum absolute atomic E-state index is 12.5. The molecule has 2 aromatic carbocycles. The number of ketones is 1. The van der Waals surface area contributed by atoms with Crippen LogP contribution in [0.5, 0.6) is 0 Å². The summed E-state index contributed by atoms with van der Waals surface area (Å²) >= 11 is 0. The fourth-order valence-corrected chi connectivity index (χ4v) is 2.51. The van der Waals surface area contributed by atoms with Crippen molar-refractivity contribution in [1.29, 1.82) is 0 Å². The summed E-state index contributed by atoms with van der Waals surface area (Å²) in [4.78, 5) is 12.5. The second-order valence-electron chi connectivity index (χ2n) is 4.88. The molecular formula is C16H16O2. The summed E-state index contributed by atoms with van der Waals surface area (Å²) in [6.07, 6.45) is 1.94. The first kappa shape index (κ1) is 11.4. The van der Waals surface area contributed by atoms with Gasteiger partial charge in [-0.25, -0.2) is 0 Å². The van der Waals surface area contributed by atoms with E-state index in [1.165, 1.54) is 0 Å². The Morgan fingerprint density at radius 1 is 1.17 bits per heavy atom. The Labute approximate surface area is 107 Å². The van der Waals surface area contributed by atoms with Crippen LogP contribution in [0.3, 0.4) is 0 Å². The molecule has 2 heteroatoms. The number of carbonyl (C=O) groups is 1. The van der Waals surface area contributed by atoms with Gasteiger partial charge >= 0.3 is 0 Å². The van der Waals surface area contributed by atoms with E-state index >= 15 is 0 Å².